The van der Waals surface area contributed by atoms with Crippen molar-refractivity contribution in [3.05, 3.63) is 29.8 Å². The molecule has 0 radical (unpaired) electrons. The summed E-state index contributed by atoms with van der Waals surface area (Å²) in [4.78, 5) is 0. The fraction of sp³-hybridized carbons (Fsp3) is 0.333. The van der Waals surface area contributed by atoms with Gasteiger partial charge in [0.1, 0.15) is 11.9 Å². The summed E-state index contributed by atoms with van der Waals surface area (Å²) < 4.78 is 34.3. The van der Waals surface area contributed by atoms with Gasteiger partial charge < -0.3 is 5.11 Å². The van der Waals surface area contributed by atoms with E-state index in [0.717, 1.165) is 0 Å². The van der Waals surface area contributed by atoms with E-state index < -0.39 is 21.0 Å². The van der Waals surface area contributed by atoms with Crippen LogP contribution >= 0.6 is 10.7 Å². The fourth-order valence-corrected chi connectivity index (χ4v) is 2.12. The lowest BCUT2D eigenvalue weighted by molar-refractivity contribution is 0.361. The van der Waals surface area contributed by atoms with Gasteiger partial charge in [0.25, 0.3) is 0 Å². The van der Waals surface area contributed by atoms with Crippen LogP contribution in [-0.4, -0.2) is 25.4 Å². The van der Waals surface area contributed by atoms with E-state index in [2.05, 4.69) is 0 Å². The first-order chi connectivity index (χ1) is 6.87. The van der Waals surface area contributed by atoms with Crippen molar-refractivity contribution in [1.82, 2.24) is 0 Å². The highest BCUT2D eigenvalue weighted by atomic mass is 35.7. The molecule has 0 heterocycles. The standard InChI is InChI=1S/C9H10ClFO3S/c10-15(13,14)6-8(11)5-7-1-3-9(12)4-2-7/h1-4,8,12H,5-6H2. The number of phenolic OH excluding ortho intramolecular Hbond substituents is 1. The summed E-state index contributed by atoms with van der Waals surface area (Å²) in [5.74, 6) is -0.616. The van der Waals surface area contributed by atoms with Crippen LogP contribution < -0.4 is 0 Å². The normalized spacial score (nSPS) is 13.7. The molecule has 3 nitrogen and oxygen atoms in total. The first-order valence-electron chi connectivity index (χ1n) is 4.21. The molecule has 0 spiro atoms. The lowest BCUT2D eigenvalue weighted by Crippen LogP contribution is -2.15. The first-order valence-corrected chi connectivity index (χ1v) is 6.69. The van der Waals surface area contributed by atoms with Crippen LogP contribution in [0.3, 0.4) is 0 Å². The number of aromatic hydroxyl groups is 1. The number of hydrogen-bond acceptors (Lipinski definition) is 3. The molecule has 0 aliphatic heterocycles. The second-order valence-electron chi connectivity index (χ2n) is 3.17. The van der Waals surface area contributed by atoms with Gasteiger partial charge >= 0.3 is 0 Å². The van der Waals surface area contributed by atoms with E-state index in [-0.39, 0.29) is 12.2 Å². The minimum Gasteiger partial charge on any atom is -0.508 e. The molecular weight excluding hydrogens is 243 g/mol. The first kappa shape index (κ1) is 12.3. The molecule has 0 aliphatic carbocycles. The van der Waals surface area contributed by atoms with Crippen molar-refractivity contribution < 1.29 is 17.9 Å². The van der Waals surface area contributed by atoms with Crippen molar-refractivity contribution in [3.8, 4) is 5.75 Å². The molecule has 1 N–H and O–H groups in total. The van der Waals surface area contributed by atoms with E-state index in [9.17, 15) is 12.8 Å². The van der Waals surface area contributed by atoms with Gasteiger partial charge in [-0.3, -0.25) is 0 Å². The largest absolute Gasteiger partial charge is 0.508 e. The van der Waals surface area contributed by atoms with Crippen molar-refractivity contribution in [2.45, 2.75) is 12.6 Å². The average molecular weight is 253 g/mol. The van der Waals surface area contributed by atoms with E-state index in [1.165, 1.54) is 24.3 Å². The topological polar surface area (TPSA) is 54.4 Å². The highest BCUT2D eigenvalue weighted by molar-refractivity contribution is 8.13. The predicted molar refractivity (Wildman–Crippen MR) is 56.3 cm³/mol. The van der Waals surface area contributed by atoms with Crippen LogP contribution in [0.5, 0.6) is 5.75 Å². The quantitative estimate of drug-likeness (QED) is 0.832. The monoisotopic (exact) mass is 252 g/mol. The van der Waals surface area contributed by atoms with Gasteiger partial charge in [0.2, 0.25) is 9.05 Å². The Morgan fingerprint density at radius 2 is 1.87 bits per heavy atom. The van der Waals surface area contributed by atoms with Crippen molar-refractivity contribution in [2.75, 3.05) is 5.75 Å². The number of hydrogen-bond donors (Lipinski definition) is 1. The van der Waals surface area contributed by atoms with Gasteiger partial charge in [0.15, 0.2) is 0 Å². The van der Waals surface area contributed by atoms with E-state index >= 15 is 0 Å². The molecule has 1 aromatic rings. The third-order valence-corrected chi connectivity index (χ3v) is 2.91. The second-order valence-corrected chi connectivity index (χ2v) is 5.99. The molecule has 0 saturated carbocycles. The summed E-state index contributed by atoms with van der Waals surface area (Å²) >= 11 is 0. The zero-order valence-corrected chi connectivity index (χ0v) is 9.30. The minimum absolute atomic E-state index is 0.0355. The second kappa shape index (κ2) is 4.81. The summed E-state index contributed by atoms with van der Waals surface area (Å²) in [6.07, 6.45) is -1.57. The Hall–Kier alpha value is -0.810. The Kier molecular flexibility index (Phi) is 3.93. The maximum absolute atomic E-state index is 13.2. The molecular formula is C9H10ClFO3S. The van der Waals surface area contributed by atoms with E-state index in [1.807, 2.05) is 0 Å². The highest BCUT2D eigenvalue weighted by Crippen LogP contribution is 2.14. The molecule has 0 amide bonds. The summed E-state index contributed by atoms with van der Waals surface area (Å²) in [7, 11) is 1.11. The molecule has 1 unspecified atom stereocenters. The average Bonchev–Trinajstić information content (AvgIpc) is 2.05. The van der Waals surface area contributed by atoms with Crippen molar-refractivity contribution in [2.24, 2.45) is 0 Å². The molecule has 1 aromatic carbocycles. The van der Waals surface area contributed by atoms with Crippen LogP contribution in [-0.2, 0) is 15.5 Å². The third-order valence-electron chi connectivity index (χ3n) is 1.77. The Morgan fingerprint density at radius 3 is 2.33 bits per heavy atom. The Balaban J connectivity index is 2.59. The SMILES string of the molecule is O=S(=O)(Cl)CC(F)Cc1ccc(O)cc1. The lowest BCUT2D eigenvalue weighted by atomic mass is 10.1. The van der Waals surface area contributed by atoms with Crippen molar-refractivity contribution in [3.63, 3.8) is 0 Å². The number of halogens is 2. The molecule has 0 fully saturated rings. The van der Waals surface area contributed by atoms with Crippen LogP contribution in [0.1, 0.15) is 5.56 Å². The van der Waals surface area contributed by atoms with Gasteiger partial charge in [-0.05, 0) is 17.7 Å². The van der Waals surface area contributed by atoms with Gasteiger partial charge in [-0.25, -0.2) is 12.8 Å². The van der Waals surface area contributed by atoms with E-state index in [0.29, 0.717) is 5.56 Å². The van der Waals surface area contributed by atoms with Gasteiger partial charge in [0, 0.05) is 17.1 Å². The Morgan fingerprint density at radius 1 is 1.33 bits per heavy atom. The van der Waals surface area contributed by atoms with E-state index in [1.54, 1.807) is 0 Å². The molecule has 1 atom stereocenters. The minimum atomic E-state index is -3.80. The van der Waals surface area contributed by atoms with E-state index in [4.69, 9.17) is 15.8 Å². The molecule has 0 aliphatic rings. The van der Waals surface area contributed by atoms with Gasteiger partial charge in [-0.2, -0.15) is 0 Å². The van der Waals surface area contributed by atoms with Gasteiger partial charge in [-0.1, -0.05) is 12.1 Å². The maximum atomic E-state index is 13.2. The molecule has 84 valence electrons. The summed E-state index contributed by atoms with van der Waals surface area (Å²) in [5.41, 5.74) is 0.612. The zero-order chi connectivity index (χ0) is 11.5. The number of benzene rings is 1. The number of phenols is 1. The molecule has 0 saturated heterocycles. The van der Waals surface area contributed by atoms with Crippen LogP contribution in [0.15, 0.2) is 24.3 Å². The van der Waals surface area contributed by atoms with Gasteiger partial charge in [-0.15, -0.1) is 0 Å². The fourth-order valence-electron chi connectivity index (χ4n) is 1.16. The molecule has 0 aromatic heterocycles. The van der Waals surface area contributed by atoms with Crippen LogP contribution in [0.4, 0.5) is 4.39 Å². The van der Waals surface area contributed by atoms with Crippen LogP contribution in [0.2, 0.25) is 0 Å². The molecule has 0 bridgehead atoms. The highest BCUT2D eigenvalue weighted by Gasteiger charge is 2.16. The Bertz CT molecular complexity index is 415. The number of rotatable bonds is 4. The summed E-state index contributed by atoms with van der Waals surface area (Å²) in [6.45, 7) is 0. The van der Waals surface area contributed by atoms with Crippen molar-refractivity contribution in [1.29, 1.82) is 0 Å². The molecule has 1 rings (SSSR count). The maximum Gasteiger partial charge on any atom is 0.235 e. The zero-order valence-electron chi connectivity index (χ0n) is 7.73. The lowest BCUT2D eigenvalue weighted by Gasteiger charge is -2.05. The van der Waals surface area contributed by atoms with Gasteiger partial charge in [0.05, 0.1) is 5.75 Å². The predicted octanol–water partition coefficient (Wildman–Crippen LogP) is 1.84. The van der Waals surface area contributed by atoms with Crippen LogP contribution in [0.25, 0.3) is 0 Å². The summed E-state index contributed by atoms with van der Waals surface area (Å²) in [6, 6.07) is 5.89. The molecule has 6 heteroatoms. The van der Waals surface area contributed by atoms with Crippen molar-refractivity contribution >= 4 is 19.7 Å². The summed E-state index contributed by atoms with van der Waals surface area (Å²) in [5, 5.41) is 8.97. The Labute approximate surface area is 91.9 Å². The smallest absolute Gasteiger partial charge is 0.235 e. The van der Waals surface area contributed by atoms with Crippen LogP contribution in [0, 0.1) is 0 Å². The third kappa shape index (κ3) is 4.99. The molecule has 15 heavy (non-hydrogen) atoms. The number of alkyl halides is 1.